The molecular formula is C13H19N3O. The highest BCUT2D eigenvalue weighted by molar-refractivity contribution is 5.31. The molecule has 1 N–H and O–H groups in total. The lowest BCUT2D eigenvalue weighted by Gasteiger charge is -2.25. The SMILES string of the molecule is c1nc2c(c(OC3CCCCC3)n1)CNCC2. The third kappa shape index (κ3) is 2.41. The van der Waals surface area contributed by atoms with Gasteiger partial charge in [0.2, 0.25) is 5.88 Å². The Labute approximate surface area is 102 Å². The van der Waals surface area contributed by atoms with Crippen LogP contribution in [0.1, 0.15) is 43.4 Å². The third-order valence-corrected chi connectivity index (χ3v) is 3.67. The summed E-state index contributed by atoms with van der Waals surface area (Å²) in [5, 5.41) is 3.36. The van der Waals surface area contributed by atoms with Crippen LogP contribution in [0.15, 0.2) is 6.33 Å². The smallest absolute Gasteiger partial charge is 0.221 e. The molecule has 1 aromatic rings. The van der Waals surface area contributed by atoms with E-state index in [1.807, 2.05) is 0 Å². The maximum atomic E-state index is 6.06. The van der Waals surface area contributed by atoms with E-state index in [0.717, 1.165) is 31.1 Å². The van der Waals surface area contributed by atoms with Gasteiger partial charge in [-0.15, -0.1) is 0 Å². The largest absolute Gasteiger partial charge is 0.474 e. The second kappa shape index (κ2) is 5.00. The van der Waals surface area contributed by atoms with E-state index in [4.69, 9.17) is 4.74 Å². The molecule has 4 heteroatoms. The van der Waals surface area contributed by atoms with Crippen LogP contribution in [0.3, 0.4) is 0 Å². The van der Waals surface area contributed by atoms with E-state index in [-0.39, 0.29) is 0 Å². The first-order valence-electron chi connectivity index (χ1n) is 6.63. The minimum absolute atomic E-state index is 0.365. The van der Waals surface area contributed by atoms with Gasteiger partial charge in [-0.2, -0.15) is 0 Å². The fourth-order valence-electron chi connectivity index (χ4n) is 2.69. The van der Waals surface area contributed by atoms with Gasteiger partial charge in [-0.05, 0) is 25.7 Å². The van der Waals surface area contributed by atoms with Crippen molar-refractivity contribution in [3.05, 3.63) is 17.6 Å². The molecular weight excluding hydrogens is 214 g/mol. The van der Waals surface area contributed by atoms with Crippen LogP contribution in [-0.2, 0) is 13.0 Å². The molecule has 0 atom stereocenters. The number of ether oxygens (including phenoxy) is 1. The first-order chi connectivity index (χ1) is 8.43. The minimum Gasteiger partial charge on any atom is -0.474 e. The molecule has 1 aromatic heterocycles. The molecule has 0 bridgehead atoms. The standard InChI is InChI=1S/C13H19N3O/c1-2-4-10(5-3-1)17-13-11-8-14-7-6-12(11)15-9-16-13/h9-10,14H,1-8H2. The van der Waals surface area contributed by atoms with Crippen LogP contribution in [0.4, 0.5) is 0 Å². The Kier molecular flexibility index (Phi) is 3.22. The number of hydrogen-bond donors (Lipinski definition) is 1. The molecule has 1 fully saturated rings. The van der Waals surface area contributed by atoms with Crippen molar-refractivity contribution >= 4 is 0 Å². The second-order valence-corrected chi connectivity index (χ2v) is 4.91. The molecule has 92 valence electrons. The molecule has 1 aliphatic heterocycles. The Morgan fingerprint density at radius 3 is 2.94 bits per heavy atom. The van der Waals surface area contributed by atoms with E-state index < -0.39 is 0 Å². The Morgan fingerprint density at radius 2 is 2.06 bits per heavy atom. The first kappa shape index (κ1) is 11.0. The van der Waals surface area contributed by atoms with E-state index in [9.17, 15) is 0 Å². The van der Waals surface area contributed by atoms with E-state index in [0.29, 0.717) is 6.10 Å². The fraction of sp³-hybridized carbons (Fsp3) is 0.692. The summed E-state index contributed by atoms with van der Waals surface area (Å²) in [5.41, 5.74) is 2.33. The molecule has 0 spiro atoms. The van der Waals surface area contributed by atoms with Crippen molar-refractivity contribution < 1.29 is 4.74 Å². The zero-order valence-electron chi connectivity index (χ0n) is 10.1. The number of nitrogens with zero attached hydrogens (tertiary/aromatic N) is 2. The van der Waals surface area contributed by atoms with Gasteiger partial charge in [-0.25, -0.2) is 9.97 Å². The summed E-state index contributed by atoms with van der Waals surface area (Å²) in [5.74, 6) is 0.814. The summed E-state index contributed by atoms with van der Waals surface area (Å²) in [6, 6.07) is 0. The molecule has 0 saturated heterocycles. The van der Waals surface area contributed by atoms with Gasteiger partial charge in [0, 0.05) is 25.1 Å². The molecule has 0 unspecified atom stereocenters. The molecule has 1 saturated carbocycles. The maximum Gasteiger partial charge on any atom is 0.221 e. The van der Waals surface area contributed by atoms with Crippen molar-refractivity contribution in [1.29, 1.82) is 0 Å². The average Bonchev–Trinajstić information content (AvgIpc) is 2.40. The quantitative estimate of drug-likeness (QED) is 0.846. The Bertz CT molecular complexity index is 388. The van der Waals surface area contributed by atoms with Crippen LogP contribution in [0, 0.1) is 0 Å². The van der Waals surface area contributed by atoms with E-state index in [1.54, 1.807) is 6.33 Å². The first-order valence-corrected chi connectivity index (χ1v) is 6.63. The molecule has 1 aliphatic carbocycles. The summed E-state index contributed by atoms with van der Waals surface area (Å²) in [6.07, 6.45) is 9.26. The molecule has 4 nitrogen and oxygen atoms in total. The van der Waals surface area contributed by atoms with Gasteiger partial charge in [0.1, 0.15) is 12.4 Å². The Morgan fingerprint density at radius 1 is 1.18 bits per heavy atom. The average molecular weight is 233 g/mol. The lowest BCUT2D eigenvalue weighted by Crippen LogP contribution is -2.27. The number of rotatable bonds is 2. The summed E-state index contributed by atoms with van der Waals surface area (Å²) in [6.45, 7) is 1.85. The van der Waals surface area contributed by atoms with E-state index in [1.165, 1.54) is 37.7 Å². The second-order valence-electron chi connectivity index (χ2n) is 4.91. The molecule has 2 aliphatic rings. The highest BCUT2D eigenvalue weighted by Gasteiger charge is 2.20. The lowest BCUT2D eigenvalue weighted by molar-refractivity contribution is 0.146. The van der Waals surface area contributed by atoms with Gasteiger partial charge in [0.25, 0.3) is 0 Å². The summed E-state index contributed by atoms with van der Waals surface area (Å²) in [4.78, 5) is 8.65. The van der Waals surface area contributed by atoms with Crippen molar-refractivity contribution in [3.8, 4) is 5.88 Å². The van der Waals surface area contributed by atoms with Crippen molar-refractivity contribution in [2.24, 2.45) is 0 Å². The number of nitrogens with one attached hydrogen (secondary N) is 1. The molecule has 2 heterocycles. The predicted molar refractivity (Wildman–Crippen MR) is 64.9 cm³/mol. The Hall–Kier alpha value is -1.16. The zero-order valence-corrected chi connectivity index (χ0v) is 10.1. The zero-order chi connectivity index (χ0) is 11.5. The number of aromatic nitrogens is 2. The molecule has 17 heavy (non-hydrogen) atoms. The van der Waals surface area contributed by atoms with Crippen molar-refractivity contribution in [2.45, 2.75) is 51.2 Å². The van der Waals surface area contributed by atoms with E-state index in [2.05, 4.69) is 15.3 Å². The summed E-state index contributed by atoms with van der Waals surface area (Å²) in [7, 11) is 0. The molecule has 0 aromatic carbocycles. The van der Waals surface area contributed by atoms with Crippen LogP contribution in [0.25, 0.3) is 0 Å². The molecule has 0 radical (unpaired) electrons. The predicted octanol–water partition coefficient (Wildman–Crippen LogP) is 1.83. The van der Waals surface area contributed by atoms with Gasteiger partial charge in [0.05, 0.1) is 5.69 Å². The van der Waals surface area contributed by atoms with Crippen LogP contribution in [-0.4, -0.2) is 22.6 Å². The van der Waals surface area contributed by atoms with Crippen LogP contribution >= 0.6 is 0 Å². The fourth-order valence-corrected chi connectivity index (χ4v) is 2.69. The monoisotopic (exact) mass is 233 g/mol. The van der Waals surface area contributed by atoms with Gasteiger partial charge in [-0.1, -0.05) is 6.42 Å². The highest BCUT2D eigenvalue weighted by Crippen LogP contribution is 2.26. The summed E-state index contributed by atoms with van der Waals surface area (Å²) < 4.78 is 6.06. The third-order valence-electron chi connectivity index (χ3n) is 3.67. The summed E-state index contributed by atoms with van der Waals surface area (Å²) >= 11 is 0. The van der Waals surface area contributed by atoms with Gasteiger partial charge < -0.3 is 10.1 Å². The van der Waals surface area contributed by atoms with Gasteiger partial charge in [-0.3, -0.25) is 0 Å². The van der Waals surface area contributed by atoms with Crippen molar-refractivity contribution in [1.82, 2.24) is 15.3 Å². The van der Waals surface area contributed by atoms with E-state index >= 15 is 0 Å². The lowest BCUT2D eigenvalue weighted by atomic mass is 9.98. The topological polar surface area (TPSA) is 47.0 Å². The normalized spacial score (nSPS) is 20.9. The van der Waals surface area contributed by atoms with Gasteiger partial charge >= 0.3 is 0 Å². The Balaban J connectivity index is 1.77. The minimum atomic E-state index is 0.365. The van der Waals surface area contributed by atoms with Crippen LogP contribution in [0.5, 0.6) is 5.88 Å². The number of fused-ring (bicyclic) bond motifs is 1. The number of hydrogen-bond acceptors (Lipinski definition) is 4. The molecule has 3 rings (SSSR count). The van der Waals surface area contributed by atoms with Crippen molar-refractivity contribution in [2.75, 3.05) is 6.54 Å². The van der Waals surface area contributed by atoms with Gasteiger partial charge in [0.15, 0.2) is 0 Å². The maximum absolute atomic E-state index is 6.06. The molecule has 0 amide bonds. The van der Waals surface area contributed by atoms with Crippen LogP contribution in [0.2, 0.25) is 0 Å². The van der Waals surface area contributed by atoms with Crippen molar-refractivity contribution in [3.63, 3.8) is 0 Å². The van der Waals surface area contributed by atoms with Crippen LogP contribution < -0.4 is 10.1 Å². The highest BCUT2D eigenvalue weighted by atomic mass is 16.5.